The minimum atomic E-state index is -0.680. The van der Waals surface area contributed by atoms with E-state index in [1.807, 2.05) is 60.7 Å². The fourth-order valence-corrected chi connectivity index (χ4v) is 7.14. The topological polar surface area (TPSA) is 9.86 Å². The molecule has 2 nitrogen and oxygen atoms in total. The first-order valence-corrected chi connectivity index (χ1v) is 16.2. The molecule has 2 heterocycles. The second-order valence-corrected chi connectivity index (χ2v) is 12.1. The smallest absolute Gasteiger partial charge is 0.0645 e. The normalized spacial score (nSPS) is 15.0. The third-order valence-electron chi connectivity index (χ3n) is 9.34. The molecule has 0 bridgehead atoms. The van der Waals surface area contributed by atoms with Gasteiger partial charge in [-0.3, -0.25) is 0 Å². The van der Waals surface area contributed by atoms with E-state index < -0.39 is 72.2 Å². The van der Waals surface area contributed by atoms with E-state index in [2.05, 4.69) is 53.1 Å². The molecule has 2 aromatic heterocycles. The van der Waals surface area contributed by atoms with Crippen LogP contribution in [0.1, 0.15) is 16.4 Å². The Morgan fingerprint density at radius 2 is 1.02 bits per heavy atom. The minimum absolute atomic E-state index is 0.0260. The third kappa shape index (κ3) is 4.43. The lowest BCUT2D eigenvalue weighted by atomic mass is 9.96. The summed E-state index contributed by atoms with van der Waals surface area (Å²) in [6.07, 6.45) is 0. The number of benzene rings is 8. The van der Waals surface area contributed by atoms with Gasteiger partial charge >= 0.3 is 0 Å². The largest absolute Gasteiger partial charge is 0.309 e. The minimum Gasteiger partial charge on any atom is -0.309 e. The summed E-state index contributed by atoms with van der Waals surface area (Å²) in [6, 6.07) is 33.2. The van der Waals surface area contributed by atoms with E-state index in [4.69, 9.17) is 15.1 Å². The van der Waals surface area contributed by atoms with Crippen molar-refractivity contribution in [3.8, 4) is 44.8 Å². The van der Waals surface area contributed by atoms with Gasteiger partial charge in [0.1, 0.15) is 0 Å². The van der Waals surface area contributed by atoms with Gasteiger partial charge in [-0.25, -0.2) is 0 Å². The highest BCUT2D eigenvalue weighted by Crippen LogP contribution is 2.41. The summed E-state index contributed by atoms with van der Waals surface area (Å²) < 4.78 is 109. The van der Waals surface area contributed by atoms with Gasteiger partial charge in [-0.15, -0.1) is 0 Å². The van der Waals surface area contributed by atoms with Crippen molar-refractivity contribution >= 4 is 43.6 Å². The number of hydrogen-bond donors (Lipinski definition) is 0. The zero-order chi connectivity index (χ0) is 43.5. The van der Waals surface area contributed by atoms with Gasteiger partial charge in [0, 0.05) is 32.8 Å². The molecule has 10 aromatic rings. The summed E-state index contributed by atoms with van der Waals surface area (Å²) in [4.78, 5) is 0. The molecule has 234 valence electrons. The van der Waals surface area contributed by atoms with Gasteiger partial charge in [0.25, 0.3) is 0 Å². The van der Waals surface area contributed by atoms with Crippen molar-refractivity contribution in [2.45, 2.75) is 0 Å². The van der Waals surface area contributed by atoms with E-state index in [1.165, 1.54) is 0 Å². The van der Waals surface area contributed by atoms with Crippen molar-refractivity contribution in [2.24, 2.45) is 0 Å². The monoisotopic (exact) mass is 648 g/mol. The summed E-state index contributed by atoms with van der Waals surface area (Å²) in [6.45, 7) is 0. The van der Waals surface area contributed by atoms with Gasteiger partial charge in [-0.2, -0.15) is 0 Å². The molecule has 8 aromatic carbocycles. The lowest BCUT2D eigenvalue weighted by molar-refractivity contribution is 1.18. The van der Waals surface area contributed by atoms with Gasteiger partial charge in [0.15, 0.2) is 0 Å². The first-order chi connectivity index (χ1) is 29.8. The van der Waals surface area contributed by atoms with E-state index in [1.54, 1.807) is 12.1 Å². The Morgan fingerprint density at radius 1 is 0.360 bits per heavy atom. The molecular formula is C48H32N2. The van der Waals surface area contributed by atoms with Crippen molar-refractivity contribution in [3.05, 3.63) is 194 Å². The van der Waals surface area contributed by atoms with E-state index in [0.29, 0.717) is 5.56 Å². The standard InChI is InChI=1S/C48H32N2/c1-3-14-33(15-4-1)36-30-31-46-42(32-36)40-19-8-11-23-44(40)50(46)43-22-10-7-18-38(43)34-26-28-35(29-27-34)39-21-13-25-47-48(39)41-20-9-12-24-45(41)49(47)37-16-5-2-6-17-37/h1-32H/i2D,5D,6D,9D,12D,13D,16D,17D,20D,21D,24D,25D. The van der Waals surface area contributed by atoms with Gasteiger partial charge < -0.3 is 9.13 Å². The molecule has 0 amide bonds. The Morgan fingerprint density at radius 3 is 1.88 bits per heavy atom. The first-order valence-electron chi connectivity index (χ1n) is 22.2. The first kappa shape index (κ1) is 18.8. The van der Waals surface area contributed by atoms with E-state index >= 15 is 0 Å². The van der Waals surface area contributed by atoms with Crippen molar-refractivity contribution in [3.63, 3.8) is 0 Å². The number of fused-ring (bicyclic) bond motifs is 6. The Hall–Kier alpha value is -6.64. The highest BCUT2D eigenvalue weighted by molar-refractivity contribution is 6.16. The zero-order valence-corrected chi connectivity index (χ0v) is 26.4. The Bertz CT molecular complexity index is 3510. The van der Waals surface area contributed by atoms with Gasteiger partial charge in [0.05, 0.1) is 44.2 Å². The quantitative estimate of drug-likeness (QED) is 0.176. The molecule has 0 saturated heterocycles. The highest BCUT2D eigenvalue weighted by atomic mass is 15.0. The van der Waals surface area contributed by atoms with Gasteiger partial charge in [-0.05, 0) is 76.3 Å². The summed E-state index contributed by atoms with van der Waals surface area (Å²) >= 11 is 0. The van der Waals surface area contributed by atoms with Crippen LogP contribution in [-0.2, 0) is 0 Å². The molecule has 0 saturated carbocycles. The van der Waals surface area contributed by atoms with Crippen molar-refractivity contribution < 1.29 is 16.4 Å². The SMILES string of the molecule is [2H]c1c([2H])c([2H])c(-n2c3c([2H])c([2H])c([2H])c([2H])c3c3c(-c4ccc(-c5ccccc5-n5c6ccccc6c6cc(-c7ccccc7)ccc65)cc4)c([2H])c([2H])c([2H])c32)c([2H])c1[2H]. The molecule has 0 atom stereocenters. The van der Waals surface area contributed by atoms with Crippen LogP contribution in [0.2, 0.25) is 0 Å². The molecular weight excluding hydrogens is 605 g/mol. The maximum absolute atomic E-state index is 9.24. The molecule has 0 aliphatic rings. The lowest BCUT2D eigenvalue weighted by Gasteiger charge is -2.15. The lowest BCUT2D eigenvalue weighted by Crippen LogP contribution is -1.97. The maximum atomic E-state index is 9.24. The molecule has 0 fully saturated rings. The van der Waals surface area contributed by atoms with Crippen LogP contribution in [0.25, 0.3) is 88.4 Å². The summed E-state index contributed by atoms with van der Waals surface area (Å²) in [5.41, 5.74) is 6.57. The van der Waals surface area contributed by atoms with Crippen LogP contribution < -0.4 is 0 Å². The number of para-hydroxylation sites is 4. The highest BCUT2D eigenvalue weighted by Gasteiger charge is 2.18. The summed E-state index contributed by atoms with van der Waals surface area (Å²) in [5.74, 6) is 0. The fourth-order valence-electron chi connectivity index (χ4n) is 7.14. The molecule has 0 N–H and O–H groups in total. The number of rotatable bonds is 5. The third-order valence-corrected chi connectivity index (χ3v) is 9.34. The van der Waals surface area contributed by atoms with Crippen LogP contribution >= 0.6 is 0 Å². The predicted octanol–water partition coefficient (Wildman–Crippen LogP) is 12.9. The van der Waals surface area contributed by atoms with Crippen LogP contribution in [0.5, 0.6) is 0 Å². The van der Waals surface area contributed by atoms with E-state index in [9.17, 15) is 1.37 Å². The van der Waals surface area contributed by atoms with E-state index in [-0.39, 0.29) is 33.4 Å². The summed E-state index contributed by atoms with van der Waals surface area (Å²) in [7, 11) is 0. The van der Waals surface area contributed by atoms with E-state index in [0.717, 1.165) is 54.3 Å². The molecule has 0 radical (unpaired) electrons. The molecule has 50 heavy (non-hydrogen) atoms. The molecule has 0 spiro atoms. The summed E-state index contributed by atoms with van der Waals surface area (Å²) in [5, 5.41) is 2.12. The van der Waals surface area contributed by atoms with Gasteiger partial charge in [0.2, 0.25) is 0 Å². The number of nitrogens with zero attached hydrogens (tertiary/aromatic N) is 2. The fraction of sp³-hybridized carbons (Fsp3) is 0. The van der Waals surface area contributed by atoms with Crippen LogP contribution in [0.4, 0.5) is 0 Å². The second kappa shape index (κ2) is 11.5. The van der Waals surface area contributed by atoms with Crippen molar-refractivity contribution in [1.82, 2.24) is 9.13 Å². The van der Waals surface area contributed by atoms with Crippen LogP contribution in [-0.4, -0.2) is 9.13 Å². The van der Waals surface area contributed by atoms with Gasteiger partial charge in [-0.1, -0.05) is 145 Å². The molecule has 2 heteroatoms. The molecule has 0 unspecified atom stereocenters. The van der Waals surface area contributed by atoms with Crippen molar-refractivity contribution in [1.29, 1.82) is 0 Å². The van der Waals surface area contributed by atoms with Crippen LogP contribution in [0, 0.1) is 0 Å². The van der Waals surface area contributed by atoms with Crippen LogP contribution in [0.15, 0.2) is 194 Å². The second-order valence-electron chi connectivity index (χ2n) is 12.1. The van der Waals surface area contributed by atoms with Crippen LogP contribution in [0.3, 0.4) is 0 Å². The Kier molecular flexibility index (Phi) is 4.32. The molecule has 10 rings (SSSR count). The predicted molar refractivity (Wildman–Crippen MR) is 211 cm³/mol. The Balaban J connectivity index is 1.21. The number of hydrogen-bond acceptors (Lipinski definition) is 0. The average Bonchev–Trinajstić information content (AvgIpc) is 3.82. The molecule has 0 aliphatic heterocycles. The average molecular weight is 649 g/mol. The number of aromatic nitrogens is 2. The Labute approximate surface area is 307 Å². The maximum Gasteiger partial charge on any atom is 0.0645 e. The molecule has 0 aliphatic carbocycles. The zero-order valence-electron chi connectivity index (χ0n) is 38.4. The van der Waals surface area contributed by atoms with Crippen molar-refractivity contribution in [2.75, 3.05) is 0 Å².